The summed E-state index contributed by atoms with van der Waals surface area (Å²) in [4.78, 5) is 15.6. The molecule has 4 rings (SSSR count). The van der Waals surface area contributed by atoms with Crippen LogP contribution in [0.1, 0.15) is 23.9 Å². The quantitative estimate of drug-likeness (QED) is 0.491. The first-order valence-electron chi connectivity index (χ1n) is 9.72. The first-order chi connectivity index (χ1) is 14.5. The number of carbonyl (C=O) groups is 1. The molecule has 0 aliphatic rings. The van der Waals surface area contributed by atoms with E-state index < -0.39 is 18.2 Å². The zero-order chi connectivity index (χ0) is 21.1. The number of rotatable bonds is 7. The molecule has 4 aromatic rings. The van der Waals surface area contributed by atoms with Crippen LogP contribution >= 0.6 is 0 Å². The minimum Gasteiger partial charge on any atom is -0.482 e. The molecule has 0 saturated heterocycles. The lowest BCUT2D eigenvalue weighted by molar-refractivity contribution is -0.139. The molecule has 3 aromatic carbocycles. The molecule has 0 bridgehead atoms. The maximum atomic E-state index is 12.1. The summed E-state index contributed by atoms with van der Waals surface area (Å²) >= 11 is 0. The van der Waals surface area contributed by atoms with E-state index in [1.807, 2.05) is 72.2 Å². The van der Waals surface area contributed by atoms with Gasteiger partial charge in [-0.05, 0) is 30.2 Å². The molecule has 30 heavy (non-hydrogen) atoms. The number of aromatic nitrogens is 2. The Morgan fingerprint density at radius 1 is 1.00 bits per heavy atom. The van der Waals surface area contributed by atoms with Crippen LogP contribution in [0.2, 0.25) is 0 Å². The number of hydrogen-bond acceptors (Lipinski definition) is 4. The third-order valence-electron chi connectivity index (χ3n) is 5.10. The Balaban J connectivity index is 1.93. The third-order valence-corrected chi connectivity index (χ3v) is 5.10. The van der Waals surface area contributed by atoms with Gasteiger partial charge in [0.25, 0.3) is 0 Å². The molecule has 6 heteroatoms. The Kier molecular flexibility index (Phi) is 5.25. The van der Waals surface area contributed by atoms with Gasteiger partial charge in [0.1, 0.15) is 5.75 Å². The Labute approximate surface area is 174 Å². The van der Waals surface area contributed by atoms with E-state index in [0.717, 1.165) is 5.52 Å². The van der Waals surface area contributed by atoms with Crippen LogP contribution < -0.4 is 4.74 Å². The van der Waals surface area contributed by atoms with Gasteiger partial charge in [0, 0.05) is 12.6 Å². The van der Waals surface area contributed by atoms with Crippen molar-refractivity contribution >= 4 is 17.0 Å². The van der Waals surface area contributed by atoms with Crippen LogP contribution in [0.15, 0.2) is 78.9 Å². The maximum absolute atomic E-state index is 12.1. The van der Waals surface area contributed by atoms with E-state index in [1.54, 1.807) is 18.2 Å². The number of carboxylic acid groups (broad SMARTS) is 1. The second-order valence-electron chi connectivity index (χ2n) is 6.96. The summed E-state index contributed by atoms with van der Waals surface area (Å²) in [5, 5.41) is 21.0. The third kappa shape index (κ3) is 3.42. The lowest BCUT2D eigenvalue weighted by Gasteiger charge is -2.29. The van der Waals surface area contributed by atoms with E-state index in [0.29, 0.717) is 34.8 Å². The van der Waals surface area contributed by atoms with Gasteiger partial charge in [-0.3, -0.25) is 0 Å². The monoisotopic (exact) mass is 402 g/mol. The van der Waals surface area contributed by atoms with Gasteiger partial charge in [-0.1, -0.05) is 60.7 Å². The van der Waals surface area contributed by atoms with Crippen molar-refractivity contribution in [1.29, 1.82) is 0 Å². The largest absolute Gasteiger partial charge is 0.482 e. The molecule has 1 heterocycles. The molecule has 0 fully saturated rings. The van der Waals surface area contributed by atoms with Crippen LogP contribution in [0.25, 0.3) is 11.0 Å². The highest BCUT2D eigenvalue weighted by Crippen LogP contribution is 2.38. The summed E-state index contributed by atoms with van der Waals surface area (Å²) in [5.74, 6) is -0.107. The Morgan fingerprint density at radius 2 is 1.60 bits per heavy atom. The van der Waals surface area contributed by atoms with Crippen LogP contribution in [0, 0.1) is 0 Å². The van der Waals surface area contributed by atoms with E-state index in [9.17, 15) is 9.90 Å². The molecule has 0 aliphatic heterocycles. The fraction of sp³-hybridized carbons (Fsp3) is 0.167. The van der Waals surface area contributed by atoms with Crippen molar-refractivity contribution in [2.24, 2.45) is 0 Å². The number of benzene rings is 3. The second-order valence-corrected chi connectivity index (χ2v) is 6.96. The number of imidazole rings is 1. The lowest BCUT2D eigenvalue weighted by Crippen LogP contribution is -2.32. The molecule has 0 saturated carbocycles. The smallest absolute Gasteiger partial charge is 0.341 e. The number of aliphatic carboxylic acids is 1. The van der Waals surface area contributed by atoms with Crippen molar-refractivity contribution in [3.05, 3.63) is 95.8 Å². The van der Waals surface area contributed by atoms with Gasteiger partial charge < -0.3 is 19.5 Å². The standard InChI is InChI=1S/C24H22N2O4/c1-2-26-21-15-19(30-16-22(27)28)13-14-20(21)25-23(26)24(29,17-9-5-3-6-10-17)18-11-7-4-8-12-18/h3-15,29H,2,16H2,1H3,(H,27,28). The van der Waals surface area contributed by atoms with E-state index >= 15 is 0 Å². The van der Waals surface area contributed by atoms with Gasteiger partial charge in [0.05, 0.1) is 11.0 Å². The predicted octanol–water partition coefficient (Wildman–Crippen LogP) is 3.80. The number of aliphatic hydroxyl groups is 1. The highest BCUT2D eigenvalue weighted by Gasteiger charge is 2.38. The molecular formula is C24H22N2O4. The number of ether oxygens (including phenoxy) is 1. The van der Waals surface area contributed by atoms with Crippen molar-refractivity contribution in [2.75, 3.05) is 6.61 Å². The van der Waals surface area contributed by atoms with Crippen molar-refractivity contribution in [3.63, 3.8) is 0 Å². The Hall–Kier alpha value is -3.64. The highest BCUT2D eigenvalue weighted by atomic mass is 16.5. The van der Waals surface area contributed by atoms with E-state index in [-0.39, 0.29) is 0 Å². The molecule has 0 radical (unpaired) electrons. The SMILES string of the molecule is CCn1c(C(O)(c2ccccc2)c2ccccc2)nc2ccc(OCC(=O)O)cc21. The van der Waals surface area contributed by atoms with Crippen molar-refractivity contribution < 1.29 is 19.7 Å². The molecule has 0 spiro atoms. The number of hydrogen-bond donors (Lipinski definition) is 2. The van der Waals surface area contributed by atoms with Gasteiger partial charge >= 0.3 is 5.97 Å². The molecule has 0 atom stereocenters. The molecule has 0 unspecified atom stereocenters. The zero-order valence-corrected chi connectivity index (χ0v) is 16.5. The summed E-state index contributed by atoms with van der Waals surface area (Å²) in [5.41, 5.74) is 1.42. The topological polar surface area (TPSA) is 84.6 Å². The Morgan fingerprint density at radius 3 is 2.13 bits per heavy atom. The number of fused-ring (bicyclic) bond motifs is 1. The van der Waals surface area contributed by atoms with Crippen molar-refractivity contribution in [3.8, 4) is 5.75 Å². The van der Waals surface area contributed by atoms with Gasteiger partial charge in [-0.2, -0.15) is 0 Å². The van der Waals surface area contributed by atoms with Crippen LogP contribution in [0.5, 0.6) is 5.75 Å². The molecule has 6 nitrogen and oxygen atoms in total. The van der Waals surface area contributed by atoms with E-state index in [4.69, 9.17) is 14.8 Å². The first-order valence-corrected chi connectivity index (χ1v) is 9.72. The van der Waals surface area contributed by atoms with Crippen LogP contribution in [-0.4, -0.2) is 32.3 Å². The fourth-order valence-corrected chi connectivity index (χ4v) is 3.72. The molecule has 2 N–H and O–H groups in total. The van der Waals surface area contributed by atoms with Crippen molar-refractivity contribution in [2.45, 2.75) is 19.1 Å². The number of carboxylic acids is 1. The minimum absolute atomic E-state index is 0.420. The first kappa shape index (κ1) is 19.7. The summed E-state index contributed by atoms with van der Waals surface area (Å²) in [6.45, 7) is 2.12. The van der Waals surface area contributed by atoms with Crippen LogP contribution in [0.4, 0.5) is 0 Å². The molecule has 0 aliphatic carbocycles. The summed E-state index contributed by atoms with van der Waals surface area (Å²) in [7, 11) is 0. The average Bonchev–Trinajstić information content (AvgIpc) is 3.16. The van der Waals surface area contributed by atoms with Gasteiger partial charge in [0.15, 0.2) is 18.0 Å². The van der Waals surface area contributed by atoms with E-state index in [1.165, 1.54) is 0 Å². The normalized spacial score (nSPS) is 11.5. The van der Waals surface area contributed by atoms with Crippen LogP contribution in [-0.2, 0) is 16.9 Å². The number of aryl methyl sites for hydroxylation is 1. The summed E-state index contributed by atoms with van der Waals surface area (Å²) in [6, 6.07) is 24.1. The summed E-state index contributed by atoms with van der Waals surface area (Å²) < 4.78 is 7.27. The number of nitrogens with zero attached hydrogens (tertiary/aromatic N) is 2. The van der Waals surface area contributed by atoms with Gasteiger partial charge in [-0.25, -0.2) is 9.78 Å². The summed E-state index contributed by atoms with van der Waals surface area (Å²) in [6.07, 6.45) is 0. The van der Waals surface area contributed by atoms with Crippen molar-refractivity contribution in [1.82, 2.24) is 9.55 Å². The molecule has 1 aromatic heterocycles. The highest BCUT2D eigenvalue weighted by molar-refractivity contribution is 5.79. The van der Waals surface area contributed by atoms with Crippen LogP contribution in [0.3, 0.4) is 0 Å². The van der Waals surface area contributed by atoms with Gasteiger partial charge in [-0.15, -0.1) is 0 Å². The fourth-order valence-electron chi connectivity index (χ4n) is 3.72. The Bertz CT molecular complexity index is 1130. The molecule has 0 amide bonds. The second kappa shape index (κ2) is 8.00. The average molecular weight is 402 g/mol. The van der Waals surface area contributed by atoms with Gasteiger partial charge in [0.2, 0.25) is 0 Å². The maximum Gasteiger partial charge on any atom is 0.341 e. The lowest BCUT2D eigenvalue weighted by atomic mass is 9.85. The predicted molar refractivity (Wildman–Crippen MR) is 114 cm³/mol. The zero-order valence-electron chi connectivity index (χ0n) is 16.5. The van der Waals surface area contributed by atoms with E-state index in [2.05, 4.69) is 0 Å². The molecule has 152 valence electrons. The minimum atomic E-state index is -1.46. The molecular weight excluding hydrogens is 380 g/mol.